The standard InChI is InChI=1S/C22H25BrN2O5/c1-28-11-9-24-14-22(8-5-10-29-15-22)25-12-17(23)19(26)20(18(25)21(24)27)30-13-16-6-3-2-4-7-16/h2-4,6-7,12H,5,8-11,13-15H2,1H3. The zero-order chi connectivity index (χ0) is 21.1. The molecule has 0 radical (unpaired) electrons. The van der Waals surface area contributed by atoms with Crippen molar-refractivity contribution in [3.05, 3.63) is 62.5 Å². The minimum Gasteiger partial charge on any atom is -0.483 e. The lowest BCUT2D eigenvalue weighted by molar-refractivity contribution is -0.0295. The molecule has 1 aromatic carbocycles. The fraction of sp³-hybridized carbons (Fsp3) is 0.455. The van der Waals surface area contributed by atoms with Crippen LogP contribution in [0.4, 0.5) is 0 Å². The van der Waals surface area contributed by atoms with Crippen LogP contribution in [0.2, 0.25) is 0 Å². The molecule has 0 N–H and O–H groups in total. The summed E-state index contributed by atoms with van der Waals surface area (Å²) in [5.74, 6) is -0.152. The van der Waals surface area contributed by atoms with Crippen LogP contribution in [0, 0.1) is 0 Å². The van der Waals surface area contributed by atoms with Crippen molar-refractivity contribution in [1.29, 1.82) is 0 Å². The number of pyridine rings is 1. The zero-order valence-corrected chi connectivity index (χ0v) is 18.5. The van der Waals surface area contributed by atoms with Gasteiger partial charge in [0, 0.05) is 33.0 Å². The summed E-state index contributed by atoms with van der Waals surface area (Å²) < 4.78 is 19.3. The van der Waals surface area contributed by atoms with Gasteiger partial charge in [0.2, 0.25) is 5.43 Å². The van der Waals surface area contributed by atoms with E-state index in [0.29, 0.717) is 37.4 Å². The van der Waals surface area contributed by atoms with Gasteiger partial charge in [0.05, 0.1) is 23.2 Å². The summed E-state index contributed by atoms with van der Waals surface area (Å²) in [6, 6.07) is 9.59. The van der Waals surface area contributed by atoms with Crippen molar-refractivity contribution < 1.29 is 19.0 Å². The third-order valence-electron chi connectivity index (χ3n) is 5.70. The number of nitrogens with zero attached hydrogens (tertiary/aromatic N) is 2. The van der Waals surface area contributed by atoms with E-state index in [1.807, 2.05) is 34.9 Å². The highest BCUT2D eigenvalue weighted by Gasteiger charge is 2.45. The molecule has 8 heteroatoms. The van der Waals surface area contributed by atoms with Gasteiger partial charge in [0.1, 0.15) is 6.61 Å². The Hall–Kier alpha value is -2.16. The van der Waals surface area contributed by atoms with Crippen molar-refractivity contribution in [2.24, 2.45) is 0 Å². The van der Waals surface area contributed by atoms with Gasteiger partial charge in [-0.1, -0.05) is 30.3 Å². The topological polar surface area (TPSA) is 70.0 Å². The number of amides is 1. The Kier molecular flexibility index (Phi) is 6.26. The van der Waals surface area contributed by atoms with Crippen LogP contribution in [0.5, 0.6) is 5.75 Å². The van der Waals surface area contributed by atoms with E-state index < -0.39 is 5.54 Å². The van der Waals surface area contributed by atoms with Crippen molar-refractivity contribution in [3.8, 4) is 5.75 Å². The van der Waals surface area contributed by atoms with Crippen LogP contribution in [0.25, 0.3) is 0 Å². The Labute approximate surface area is 183 Å². The highest BCUT2D eigenvalue weighted by molar-refractivity contribution is 9.10. The number of benzene rings is 1. The molecule has 0 aliphatic carbocycles. The molecule has 1 aromatic heterocycles. The average Bonchev–Trinajstić information content (AvgIpc) is 2.77. The van der Waals surface area contributed by atoms with Crippen molar-refractivity contribution >= 4 is 21.8 Å². The Morgan fingerprint density at radius 1 is 1.23 bits per heavy atom. The Morgan fingerprint density at radius 3 is 2.73 bits per heavy atom. The number of carbonyl (C=O) groups excluding carboxylic acids is 1. The number of carbonyl (C=O) groups is 1. The summed E-state index contributed by atoms with van der Waals surface area (Å²) in [4.78, 5) is 28.2. The molecule has 0 bridgehead atoms. The number of ether oxygens (including phenoxy) is 3. The fourth-order valence-electron chi connectivity index (χ4n) is 4.19. The van der Waals surface area contributed by atoms with E-state index in [0.717, 1.165) is 18.4 Å². The molecule has 4 rings (SSSR count). The number of aromatic nitrogens is 1. The van der Waals surface area contributed by atoms with Gasteiger partial charge in [-0.15, -0.1) is 0 Å². The number of methoxy groups -OCH3 is 1. The van der Waals surface area contributed by atoms with Crippen LogP contribution in [0.15, 0.2) is 45.8 Å². The average molecular weight is 477 g/mol. The van der Waals surface area contributed by atoms with E-state index >= 15 is 0 Å². The Morgan fingerprint density at radius 2 is 2.03 bits per heavy atom. The van der Waals surface area contributed by atoms with Crippen LogP contribution in [-0.2, 0) is 21.6 Å². The summed E-state index contributed by atoms with van der Waals surface area (Å²) in [5, 5.41) is 0. The van der Waals surface area contributed by atoms with Crippen LogP contribution < -0.4 is 10.2 Å². The molecule has 1 saturated heterocycles. The van der Waals surface area contributed by atoms with Gasteiger partial charge in [-0.25, -0.2) is 0 Å². The lowest BCUT2D eigenvalue weighted by Gasteiger charge is -2.47. The lowest BCUT2D eigenvalue weighted by atomic mass is 9.88. The van der Waals surface area contributed by atoms with Crippen LogP contribution in [-0.4, -0.2) is 55.4 Å². The second-order valence-electron chi connectivity index (χ2n) is 7.73. The van der Waals surface area contributed by atoms with Crippen LogP contribution in [0.3, 0.4) is 0 Å². The van der Waals surface area contributed by atoms with Crippen LogP contribution >= 0.6 is 15.9 Å². The van der Waals surface area contributed by atoms with Gasteiger partial charge < -0.3 is 23.7 Å². The molecule has 3 heterocycles. The molecule has 7 nitrogen and oxygen atoms in total. The van der Waals surface area contributed by atoms with E-state index in [9.17, 15) is 9.59 Å². The number of halogens is 1. The molecule has 2 aliphatic rings. The largest absolute Gasteiger partial charge is 0.483 e. The highest BCUT2D eigenvalue weighted by atomic mass is 79.9. The van der Waals surface area contributed by atoms with Crippen molar-refractivity contribution in [1.82, 2.24) is 9.47 Å². The van der Waals surface area contributed by atoms with E-state index in [1.165, 1.54) is 0 Å². The van der Waals surface area contributed by atoms with Gasteiger partial charge in [0.15, 0.2) is 11.4 Å². The number of hydrogen-bond donors (Lipinski definition) is 0. The minimum absolute atomic E-state index is 0.0743. The number of fused-ring (bicyclic) bond motifs is 2. The van der Waals surface area contributed by atoms with Gasteiger partial charge in [-0.2, -0.15) is 0 Å². The highest BCUT2D eigenvalue weighted by Crippen LogP contribution is 2.37. The molecule has 160 valence electrons. The maximum Gasteiger partial charge on any atom is 0.274 e. The number of hydrogen-bond acceptors (Lipinski definition) is 5. The summed E-state index contributed by atoms with van der Waals surface area (Å²) >= 11 is 3.38. The molecule has 1 amide bonds. The fourth-order valence-corrected chi connectivity index (χ4v) is 4.57. The maximum absolute atomic E-state index is 13.4. The van der Waals surface area contributed by atoms with Gasteiger partial charge in [0.25, 0.3) is 5.91 Å². The lowest BCUT2D eigenvalue weighted by Crippen LogP contribution is -2.58. The molecule has 1 atom stereocenters. The zero-order valence-electron chi connectivity index (χ0n) is 16.9. The molecule has 2 aliphatic heterocycles. The normalized spacial score (nSPS) is 21.0. The van der Waals surface area contributed by atoms with E-state index in [1.54, 1.807) is 18.2 Å². The van der Waals surface area contributed by atoms with Gasteiger partial charge >= 0.3 is 0 Å². The quantitative estimate of drug-likeness (QED) is 0.640. The summed E-state index contributed by atoms with van der Waals surface area (Å²) in [7, 11) is 1.61. The van der Waals surface area contributed by atoms with Gasteiger partial charge in [-0.05, 0) is 34.3 Å². The van der Waals surface area contributed by atoms with Crippen LogP contribution in [0.1, 0.15) is 28.9 Å². The SMILES string of the molecule is COCCN1CC2(CCCOC2)n2cc(Br)c(=O)c(OCc3ccccc3)c2C1=O. The predicted molar refractivity (Wildman–Crippen MR) is 115 cm³/mol. The van der Waals surface area contributed by atoms with Crippen molar-refractivity contribution in [3.63, 3.8) is 0 Å². The third kappa shape index (κ3) is 3.91. The molecular formula is C22H25BrN2O5. The molecule has 2 aromatic rings. The molecule has 30 heavy (non-hydrogen) atoms. The molecule has 1 unspecified atom stereocenters. The molecule has 1 fully saturated rings. The molecule has 1 spiro atoms. The van der Waals surface area contributed by atoms with E-state index in [4.69, 9.17) is 14.2 Å². The summed E-state index contributed by atoms with van der Waals surface area (Å²) in [6.07, 6.45) is 3.45. The second kappa shape index (κ2) is 8.91. The monoisotopic (exact) mass is 476 g/mol. The Balaban J connectivity index is 1.80. The first-order valence-corrected chi connectivity index (χ1v) is 10.8. The minimum atomic E-state index is -0.434. The molecule has 0 saturated carbocycles. The predicted octanol–water partition coefficient (Wildman–Crippen LogP) is 2.80. The summed E-state index contributed by atoms with van der Waals surface area (Å²) in [6.45, 7) is 2.75. The maximum atomic E-state index is 13.4. The first-order chi connectivity index (χ1) is 14.6. The second-order valence-corrected chi connectivity index (χ2v) is 8.58. The van der Waals surface area contributed by atoms with E-state index in [-0.39, 0.29) is 29.4 Å². The number of rotatable bonds is 6. The Bertz CT molecular complexity index is 969. The first-order valence-electron chi connectivity index (χ1n) is 10.0. The van der Waals surface area contributed by atoms with Crippen molar-refractivity contribution in [2.45, 2.75) is 25.0 Å². The van der Waals surface area contributed by atoms with Gasteiger partial charge in [-0.3, -0.25) is 9.59 Å². The third-order valence-corrected chi connectivity index (χ3v) is 6.27. The van der Waals surface area contributed by atoms with Crippen molar-refractivity contribution in [2.75, 3.05) is 40.0 Å². The van der Waals surface area contributed by atoms with E-state index in [2.05, 4.69) is 15.9 Å². The smallest absolute Gasteiger partial charge is 0.274 e. The first kappa shape index (κ1) is 21.1. The molecular weight excluding hydrogens is 452 g/mol. The summed E-state index contributed by atoms with van der Waals surface area (Å²) in [5.41, 5.74) is 0.444.